The van der Waals surface area contributed by atoms with Gasteiger partial charge in [0.25, 0.3) is 0 Å². The Morgan fingerprint density at radius 2 is 2.16 bits per heavy atom. The average molecular weight is 262 g/mol. The topological polar surface area (TPSA) is 74.5 Å². The van der Waals surface area contributed by atoms with Crippen LogP contribution in [0.15, 0.2) is 22.9 Å². The minimum atomic E-state index is -0.280. The molecule has 0 N–H and O–H groups in total. The first kappa shape index (κ1) is 13.1. The Balaban J connectivity index is 2.44. The van der Waals surface area contributed by atoms with Gasteiger partial charge in [0.1, 0.15) is 5.76 Å². The minimum Gasteiger partial charge on any atom is -0.480 e. The maximum atomic E-state index is 12.4. The van der Waals surface area contributed by atoms with Gasteiger partial charge in [-0.15, -0.1) is 0 Å². The molecule has 0 saturated carbocycles. The quantitative estimate of drug-likeness (QED) is 0.766. The SMILES string of the molecule is CCc1occc1C(=O)c1ncc(OC)nc1OC. The highest BCUT2D eigenvalue weighted by atomic mass is 16.5. The predicted octanol–water partition coefficient (Wildman–Crippen LogP) is 1.88. The molecule has 0 atom stereocenters. The van der Waals surface area contributed by atoms with Crippen LogP contribution in [0.3, 0.4) is 0 Å². The summed E-state index contributed by atoms with van der Waals surface area (Å²) in [5.74, 6) is 0.756. The van der Waals surface area contributed by atoms with E-state index in [1.54, 1.807) is 6.07 Å². The van der Waals surface area contributed by atoms with Crippen LogP contribution in [0.1, 0.15) is 28.7 Å². The van der Waals surface area contributed by atoms with Crippen LogP contribution in [-0.4, -0.2) is 30.0 Å². The summed E-state index contributed by atoms with van der Waals surface area (Å²) in [7, 11) is 2.90. The molecular weight excluding hydrogens is 248 g/mol. The lowest BCUT2D eigenvalue weighted by molar-refractivity contribution is 0.102. The van der Waals surface area contributed by atoms with Crippen LogP contribution in [0, 0.1) is 0 Å². The van der Waals surface area contributed by atoms with Crippen molar-refractivity contribution in [2.45, 2.75) is 13.3 Å². The molecular formula is C13H14N2O4. The summed E-state index contributed by atoms with van der Waals surface area (Å²) in [4.78, 5) is 20.5. The van der Waals surface area contributed by atoms with Gasteiger partial charge in [0.05, 0.1) is 32.2 Å². The molecule has 2 aromatic rings. The van der Waals surface area contributed by atoms with E-state index in [-0.39, 0.29) is 23.2 Å². The smallest absolute Gasteiger partial charge is 0.247 e. The van der Waals surface area contributed by atoms with E-state index in [0.717, 1.165) is 0 Å². The molecule has 0 spiro atoms. The van der Waals surface area contributed by atoms with E-state index in [1.165, 1.54) is 26.7 Å². The van der Waals surface area contributed by atoms with Gasteiger partial charge < -0.3 is 13.9 Å². The molecule has 0 aliphatic carbocycles. The number of hydrogen-bond acceptors (Lipinski definition) is 6. The van der Waals surface area contributed by atoms with Gasteiger partial charge in [-0.05, 0) is 6.07 Å². The molecule has 100 valence electrons. The zero-order valence-corrected chi connectivity index (χ0v) is 11.0. The highest BCUT2D eigenvalue weighted by Gasteiger charge is 2.22. The molecule has 0 aliphatic heterocycles. The van der Waals surface area contributed by atoms with Gasteiger partial charge in [-0.1, -0.05) is 6.92 Å². The summed E-state index contributed by atoms with van der Waals surface area (Å²) in [6, 6.07) is 1.62. The number of ether oxygens (including phenoxy) is 2. The maximum absolute atomic E-state index is 12.4. The molecule has 0 fully saturated rings. The van der Waals surface area contributed by atoms with Crippen LogP contribution in [-0.2, 0) is 6.42 Å². The summed E-state index contributed by atoms with van der Waals surface area (Å²) in [5, 5.41) is 0. The lowest BCUT2D eigenvalue weighted by Gasteiger charge is -2.07. The van der Waals surface area contributed by atoms with E-state index in [9.17, 15) is 4.79 Å². The lowest BCUT2D eigenvalue weighted by Crippen LogP contribution is -2.09. The van der Waals surface area contributed by atoms with Crippen molar-refractivity contribution in [3.05, 3.63) is 35.5 Å². The van der Waals surface area contributed by atoms with Crippen LogP contribution < -0.4 is 9.47 Å². The van der Waals surface area contributed by atoms with Gasteiger partial charge in [-0.2, -0.15) is 4.98 Å². The molecule has 2 rings (SSSR count). The molecule has 0 radical (unpaired) electrons. The van der Waals surface area contributed by atoms with E-state index in [1.807, 2.05) is 6.92 Å². The summed E-state index contributed by atoms with van der Waals surface area (Å²) < 4.78 is 15.3. The Morgan fingerprint density at radius 1 is 1.37 bits per heavy atom. The zero-order valence-electron chi connectivity index (χ0n) is 11.0. The van der Waals surface area contributed by atoms with E-state index in [2.05, 4.69) is 9.97 Å². The fraction of sp³-hybridized carbons (Fsp3) is 0.308. The summed E-state index contributed by atoms with van der Waals surface area (Å²) in [6.45, 7) is 1.91. The molecule has 6 nitrogen and oxygen atoms in total. The van der Waals surface area contributed by atoms with Crippen molar-refractivity contribution in [1.82, 2.24) is 9.97 Å². The van der Waals surface area contributed by atoms with Crippen LogP contribution in [0.5, 0.6) is 11.8 Å². The molecule has 0 bridgehead atoms. The number of aryl methyl sites for hydroxylation is 1. The number of ketones is 1. The largest absolute Gasteiger partial charge is 0.480 e. The highest BCUT2D eigenvalue weighted by molar-refractivity contribution is 6.09. The number of hydrogen-bond donors (Lipinski definition) is 0. The van der Waals surface area contributed by atoms with Crippen molar-refractivity contribution in [1.29, 1.82) is 0 Å². The number of methoxy groups -OCH3 is 2. The minimum absolute atomic E-state index is 0.132. The van der Waals surface area contributed by atoms with E-state index < -0.39 is 0 Å². The van der Waals surface area contributed by atoms with Crippen LogP contribution >= 0.6 is 0 Å². The van der Waals surface area contributed by atoms with Crippen LogP contribution in [0.4, 0.5) is 0 Å². The van der Waals surface area contributed by atoms with E-state index in [4.69, 9.17) is 13.9 Å². The third kappa shape index (κ3) is 2.42. The van der Waals surface area contributed by atoms with Crippen molar-refractivity contribution in [2.75, 3.05) is 14.2 Å². The van der Waals surface area contributed by atoms with Crippen LogP contribution in [0.25, 0.3) is 0 Å². The van der Waals surface area contributed by atoms with Crippen molar-refractivity contribution < 1.29 is 18.7 Å². The molecule has 19 heavy (non-hydrogen) atoms. The Morgan fingerprint density at radius 3 is 2.79 bits per heavy atom. The van der Waals surface area contributed by atoms with E-state index >= 15 is 0 Å². The Labute approximate surface area is 110 Å². The van der Waals surface area contributed by atoms with Gasteiger partial charge >= 0.3 is 0 Å². The molecule has 0 aromatic carbocycles. The maximum Gasteiger partial charge on any atom is 0.247 e. The fourth-order valence-electron chi connectivity index (χ4n) is 1.70. The molecule has 6 heteroatoms. The van der Waals surface area contributed by atoms with Crippen molar-refractivity contribution >= 4 is 5.78 Å². The molecule has 0 unspecified atom stereocenters. The molecule has 0 amide bonds. The second kappa shape index (κ2) is 5.51. The zero-order chi connectivity index (χ0) is 13.8. The van der Waals surface area contributed by atoms with Gasteiger partial charge in [0, 0.05) is 6.42 Å². The third-order valence-corrected chi connectivity index (χ3v) is 2.65. The predicted molar refractivity (Wildman–Crippen MR) is 66.7 cm³/mol. The van der Waals surface area contributed by atoms with Crippen molar-refractivity contribution in [3.63, 3.8) is 0 Å². The summed E-state index contributed by atoms with van der Waals surface area (Å²) >= 11 is 0. The second-order valence-electron chi connectivity index (χ2n) is 3.71. The highest BCUT2D eigenvalue weighted by Crippen LogP contribution is 2.22. The van der Waals surface area contributed by atoms with Crippen LogP contribution in [0.2, 0.25) is 0 Å². The molecule has 2 aromatic heterocycles. The first-order chi connectivity index (χ1) is 9.21. The first-order valence-corrected chi connectivity index (χ1v) is 5.77. The number of carbonyl (C=O) groups is 1. The normalized spacial score (nSPS) is 10.3. The number of carbonyl (C=O) groups excluding carboxylic acids is 1. The Kier molecular flexibility index (Phi) is 3.79. The standard InChI is InChI=1S/C13H14N2O4/c1-4-9-8(5-6-19-9)12(16)11-13(18-3)15-10(17-2)7-14-11/h5-7H,4H2,1-3H3. The average Bonchev–Trinajstić information content (AvgIpc) is 2.94. The van der Waals surface area contributed by atoms with Gasteiger partial charge in [0.15, 0.2) is 5.69 Å². The number of nitrogens with zero attached hydrogens (tertiary/aromatic N) is 2. The first-order valence-electron chi connectivity index (χ1n) is 5.77. The summed E-state index contributed by atoms with van der Waals surface area (Å²) in [5.41, 5.74) is 0.611. The van der Waals surface area contributed by atoms with Gasteiger partial charge in [-0.25, -0.2) is 4.98 Å². The fourth-order valence-corrected chi connectivity index (χ4v) is 1.70. The van der Waals surface area contributed by atoms with Crippen molar-refractivity contribution in [2.24, 2.45) is 0 Å². The van der Waals surface area contributed by atoms with E-state index in [0.29, 0.717) is 17.7 Å². The third-order valence-electron chi connectivity index (χ3n) is 2.65. The number of rotatable bonds is 5. The van der Waals surface area contributed by atoms with Crippen molar-refractivity contribution in [3.8, 4) is 11.8 Å². The number of aromatic nitrogens is 2. The lowest BCUT2D eigenvalue weighted by atomic mass is 10.1. The second-order valence-corrected chi connectivity index (χ2v) is 3.71. The van der Waals surface area contributed by atoms with Gasteiger partial charge in [0.2, 0.25) is 17.5 Å². The monoisotopic (exact) mass is 262 g/mol. The van der Waals surface area contributed by atoms with Gasteiger partial charge in [-0.3, -0.25) is 4.79 Å². The molecule has 0 aliphatic rings. The summed E-state index contributed by atoms with van der Waals surface area (Å²) in [6.07, 6.45) is 3.48. The Hall–Kier alpha value is -2.37. The molecule has 2 heterocycles. The Bertz CT molecular complexity index is 592. The molecule has 0 saturated heterocycles. The number of furan rings is 1.